The Labute approximate surface area is 163 Å². The van der Waals surface area contributed by atoms with Crippen LogP contribution in [0.15, 0.2) is 24.3 Å². The van der Waals surface area contributed by atoms with E-state index in [2.05, 4.69) is 10.2 Å². The number of likely N-dealkylation sites (tertiary alicyclic amines) is 1. The molecule has 0 aromatic heterocycles. The van der Waals surface area contributed by atoms with Gasteiger partial charge >= 0.3 is 0 Å². The first-order valence-corrected chi connectivity index (χ1v) is 10.5. The van der Waals surface area contributed by atoms with Gasteiger partial charge in [-0.3, -0.25) is 4.79 Å². The number of ether oxygens (including phenoxy) is 2. The molecule has 5 nitrogen and oxygen atoms in total. The van der Waals surface area contributed by atoms with E-state index in [-0.39, 0.29) is 5.91 Å². The lowest BCUT2D eigenvalue weighted by molar-refractivity contribution is -0.122. The van der Waals surface area contributed by atoms with Crippen LogP contribution in [0, 0.1) is 5.92 Å². The van der Waals surface area contributed by atoms with E-state index in [9.17, 15) is 4.79 Å². The zero-order chi connectivity index (χ0) is 18.9. The molecule has 1 N–H and O–H groups in total. The molecule has 2 aliphatic rings. The Bertz CT molecular complexity index is 561. The van der Waals surface area contributed by atoms with Gasteiger partial charge in [-0.15, -0.1) is 0 Å². The molecule has 3 rings (SSSR count). The van der Waals surface area contributed by atoms with E-state index in [0.29, 0.717) is 19.1 Å². The van der Waals surface area contributed by atoms with Crippen LogP contribution in [-0.4, -0.2) is 50.2 Å². The first-order chi connectivity index (χ1) is 13.2. The summed E-state index contributed by atoms with van der Waals surface area (Å²) in [5, 5.41) is 3.21. The molecule has 1 amide bonds. The highest BCUT2D eigenvalue weighted by Gasteiger charge is 2.24. The number of hydrogen-bond acceptors (Lipinski definition) is 4. The van der Waals surface area contributed by atoms with Gasteiger partial charge in [-0.2, -0.15) is 0 Å². The third-order valence-corrected chi connectivity index (χ3v) is 5.82. The smallest absolute Gasteiger partial charge is 0.220 e. The Hall–Kier alpha value is -1.75. The lowest BCUT2D eigenvalue weighted by Gasteiger charge is -2.33. The van der Waals surface area contributed by atoms with Crippen LogP contribution in [0.2, 0.25) is 0 Å². The summed E-state index contributed by atoms with van der Waals surface area (Å²) in [5.74, 6) is 2.70. The van der Waals surface area contributed by atoms with E-state index in [4.69, 9.17) is 9.47 Å². The van der Waals surface area contributed by atoms with Crippen molar-refractivity contribution < 1.29 is 14.3 Å². The molecule has 1 saturated carbocycles. The van der Waals surface area contributed by atoms with E-state index in [0.717, 1.165) is 49.8 Å². The highest BCUT2D eigenvalue weighted by atomic mass is 16.5. The molecule has 1 aliphatic carbocycles. The number of nitrogens with one attached hydrogen (secondary N) is 1. The summed E-state index contributed by atoms with van der Waals surface area (Å²) in [4.78, 5) is 14.8. The molecule has 0 atom stereocenters. The number of hydrogen-bond donors (Lipinski definition) is 1. The SMILES string of the molecule is COc1ccc(OCCCC(=O)NC2CCN(CC3CCCC3)CC2)cc1. The molecule has 1 aliphatic heterocycles. The summed E-state index contributed by atoms with van der Waals surface area (Å²) in [6.45, 7) is 4.08. The maximum absolute atomic E-state index is 12.2. The molecule has 1 aromatic rings. The van der Waals surface area contributed by atoms with Crippen LogP contribution < -0.4 is 14.8 Å². The van der Waals surface area contributed by atoms with Crippen molar-refractivity contribution in [3.63, 3.8) is 0 Å². The van der Waals surface area contributed by atoms with E-state index >= 15 is 0 Å². The van der Waals surface area contributed by atoms with Gasteiger partial charge in [0.1, 0.15) is 11.5 Å². The van der Waals surface area contributed by atoms with Gasteiger partial charge in [0, 0.05) is 32.1 Å². The Morgan fingerprint density at radius 1 is 1.07 bits per heavy atom. The van der Waals surface area contributed by atoms with Crippen molar-refractivity contribution in [2.45, 2.75) is 57.4 Å². The topological polar surface area (TPSA) is 50.8 Å². The number of methoxy groups -OCH3 is 1. The molecule has 2 fully saturated rings. The number of piperidine rings is 1. The Kier molecular flexibility index (Phi) is 7.81. The predicted molar refractivity (Wildman–Crippen MR) is 107 cm³/mol. The fourth-order valence-corrected chi connectivity index (χ4v) is 4.21. The van der Waals surface area contributed by atoms with Gasteiger partial charge in [-0.1, -0.05) is 12.8 Å². The normalized spacial score (nSPS) is 19.1. The molecule has 1 saturated heterocycles. The molecule has 1 aromatic carbocycles. The minimum atomic E-state index is 0.155. The fourth-order valence-electron chi connectivity index (χ4n) is 4.21. The first kappa shape index (κ1) is 20.0. The van der Waals surface area contributed by atoms with Gasteiger partial charge in [0.15, 0.2) is 0 Å². The molecule has 150 valence electrons. The van der Waals surface area contributed by atoms with E-state index in [1.165, 1.54) is 32.2 Å². The zero-order valence-electron chi connectivity index (χ0n) is 16.6. The van der Waals surface area contributed by atoms with Gasteiger partial charge in [0.25, 0.3) is 0 Å². The second-order valence-corrected chi connectivity index (χ2v) is 7.92. The molecule has 0 unspecified atom stereocenters. The molecular formula is C22H34N2O3. The lowest BCUT2D eigenvalue weighted by atomic mass is 10.0. The maximum atomic E-state index is 12.2. The van der Waals surface area contributed by atoms with Gasteiger partial charge in [-0.25, -0.2) is 0 Å². The molecule has 0 spiro atoms. The van der Waals surface area contributed by atoms with Crippen LogP contribution in [0.4, 0.5) is 0 Å². The van der Waals surface area contributed by atoms with Gasteiger partial charge < -0.3 is 19.7 Å². The van der Waals surface area contributed by atoms with Crippen molar-refractivity contribution >= 4 is 5.91 Å². The second kappa shape index (κ2) is 10.5. The van der Waals surface area contributed by atoms with Crippen LogP contribution in [0.3, 0.4) is 0 Å². The van der Waals surface area contributed by atoms with Crippen molar-refractivity contribution in [2.24, 2.45) is 5.92 Å². The number of carbonyl (C=O) groups excluding carboxylic acids is 1. The van der Waals surface area contributed by atoms with E-state index < -0.39 is 0 Å². The third kappa shape index (κ3) is 6.73. The average molecular weight is 375 g/mol. The van der Waals surface area contributed by atoms with Crippen LogP contribution in [0.25, 0.3) is 0 Å². The Morgan fingerprint density at radius 3 is 2.41 bits per heavy atom. The zero-order valence-corrected chi connectivity index (χ0v) is 16.6. The second-order valence-electron chi connectivity index (χ2n) is 7.92. The van der Waals surface area contributed by atoms with Crippen molar-refractivity contribution in [2.75, 3.05) is 33.4 Å². The minimum Gasteiger partial charge on any atom is -0.497 e. The van der Waals surface area contributed by atoms with Crippen molar-refractivity contribution in [3.05, 3.63) is 24.3 Å². The molecule has 5 heteroatoms. The van der Waals surface area contributed by atoms with Crippen LogP contribution in [0.1, 0.15) is 51.4 Å². The molecular weight excluding hydrogens is 340 g/mol. The summed E-state index contributed by atoms with van der Waals surface area (Å²) in [5.41, 5.74) is 0. The largest absolute Gasteiger partial charge is 0.497 e. The molecule has 0 radical (unpaired) electrons. The molecule has 1 heterocycles. The predicted octanol–water partition coefficient (Wildman–Crippen LogP) is 3.63. The Balaban J connectivity index is 1.25. The van der Waals surface area contributed by atoms with Crippen molar-refractivity contribution in [1.82, 2.24) is 10.2 Å². The van der Waals surface area contributed by atoms with Gasteiger partial charge in [-0.05, 0) is 62.3 Å². The summed E-state index contributed by atoms with van der Waals surface area (Å²) in [7, 11) is 1.65. The number of benzene rings is 1. The summed E-state index contributed by atoms with van der Waals surface area (Å²) in [6, 6.07) is 7.87. The van der Waals surface area contributed by atoms with Crippen LogP contribution in [-0.2, 0) is 4.79 Å². The highest BCUT2D eigenvalue weighted by Crippen LogP contribution is 2.26. The quantitative estimate of drug-likeness (QED) is 0.671. The molecule has 0 bridgehead atoms. The minimum absolute atomic E-state index is 0.155. The number of nitrogens with zero attached hydrogens (tertiary/aromatic N) is 1. The van der Waals surface area contributed by atoms with Gasteiger partial charge in [0.05, 0.1) is 13.7 Å². The monoisotopic (exact) mass is 374 g/mol. The standard InChI is InChI=1S/C22H34N2O3/c1-26-20-8-10-21(11-9-20)27-16-4-7-22(25)23-19-12-14-24(15-13-19)17-18-5-2-3-6-18/h8-11,18-19H,2-7,12-17H2,1H3,(H,23,25). The van der Waals surface area contributed by atoms with Crippen molar-refractivity contribution in [1.29, 1.82) is 0 Å². The average Bonchev–Trinajstić information content (AvgIpc) is 3.20. The van der Waals surface area contributed by atoms with E-state index in [1.54, 1.807) is 7.11 Å². The lowest BCUT2D eigenvalue weighted by Crippen LogP contribution is -2.45. The Morgan fingerprint density at radius 2 is 1.74 bits per heavy atom. The van der Waals surface area contributed by atoms with E-state index in [1.807, 2.05) is 24.3 Å². The maximum Gasteiger partial charge on any atom is 0.220 e. The number of carbonyl (C=O) groups is 1. The fraction of sp³-hybridized carbons (Fsp3) is 0.682. The van der Waals surface area contributed by atoms with Crippen LogP contribution in [0.5, 0.6) is 11.5 Å². The van der Waals surface area contributed by atoms with Crippen LogP contribution >= 0.6 is 0 Å². The van der Waals surface area contributed by atoms with Gasteiger partial charge in [0.2, 0.25) is 5.91 Å². The summed E-state index contributed by atoms with van der Waals surface area (Å²) < 4.78 is 10.8. The summed E-state index contributed by atoms with van der Waals surface area (Å²) >= 11 is 0. The molecule has 27 heavy (non-hydrogen) atoms. The number of rotatable bonds is 9. The van der Waals surface area contributed by atoms with Crippen molar-refractivity contribution in [3.8, 4) is 11.5 Å². The highest BCUT2D eigenvalue weighted by molar-refractivity contribution is 5.76. The first-order valence-electron chi connectivity index (χ1n) is 10.5. The third-order valence-electron chi connectivity index (χ3n) is 5.82. The number of amides is 1. The summed E-state index contributed by atoms with van der Waals surface area (Å²) in [6.07, 6.45) is 9.09.